The van der Waals surface area contributed by atoms with Crippen LogP contribution >= 0.6 is 11.3 Å². The number of carbonyl (C=O) groups is 1. The standard InChI is InChI=1S/C14H19N5OS/c20-14-18(5-6-19(14)12-1-3-15-4-2-12)10-11-9-17-7-8-21-13(17)16-11/h7-9,12,15H,1-6,10H2. The highest BCUT2D eigenvalue weighted by Gasteiger charge is 2.34. The Hall–Kier alpha value is -1.60. The molecule has 2 amide bonds. The zero-order valence-electron chi connectivity index (χ0n) is 11.9. The molecular weight excluding hydrogens is 286 g/mol. The monoisotopic (exact) mass is 305 g/mol. The number of imidazole rings is 1. The van der Waals surface area contributed by atoms with E-state index in [-0.39, 0.29) is 6.03 Å². The predicted octanol–water partition coefficient (Wildman–Crippen LogP) is 1.39. The van der Waals surface area contributed by atoms with E-state index in [0.717, 1.165) is 49.7 Å². The number of rotatable bonds is 3. The lowest BCUT2D eigenvalue weighted by Gasteiger charge is -2.31. The van der Waals surface area contributed by atoms with Gasteiger partial charge in [0.15, 0.2) is 4.96 Å². The molecule has 2 aromatic heterocycles. The number of nitrogens with one attached hydrogen (secondary N) is 1. The molecule has 21 heavy (non-hydrogen) atoms. The molecule has 0 bridgehead atoms. The van der Waals surface area contributed by atoms with Crippen LogP contribution in [0.4, 0.5) is 4.79 Å². The molecular formula is C14H19N5OS. The number of aromatic nitrogens is 2. The Labute approximate surface area is 127 Å². The van der Waals surface area contributed by atoms with Crippen molar-refractivity contribution in [3.05, 3.63) is 23.5 Å². The van der Waals surface area contributed by atoms with Crippen molar-refractivity contribution in [3.8, 4) is 0 Å². The van der Waals surface area contributed by atoms with E-state index in [0.29, 0.717) is 12.6 Å². The number of fused-ring (bicyclic) bond motifs is 1. The van der Waals surface area contributed by atoms with Crippen LogP contribution in [0.15, 0.2) is 17.8 Å². The predicted molar refractivity (Wildman–Crippen MR) is 81.5 cm³/mol. The summed E-state index contributed by atoms with van der Waals surface area (Å²) in [6.45, 7) is 4.33. The van der Waals surface area contributed by atoms with Gasteiger partial charge in [0.05, 0.1) is 12.2 Å². The summed E-state index contributed by atoms with van der Waals surface area (Å²) in [5.41, 5.74) is 0.974. The van der Waals surface area contributed by atoms with Crippen molar-refractivity contribution in [1.29, 1.82) is 0 Å². The van der Waals surface area contributed by atoms with Crippen LogP contribution < -0.4 is 5.32 Å². The first-order valence-corrected chi connectivity index (χ1v) is 8.36. The molecule has 0 unspecified atom stereocenters. The molecule has 2 aliphatic rings. The highest BCUT2D eigenvalue weighted by atomic mass is 32.1. The Bertz CT molecular complexity index is 616. The topological polar surface area (TPSA) is 52.9 Å². The van der Waals surface area contributed by atoms with Gasteiger partial charge in [-0.15, -0.1) is 11.3 Å². The quantitative estimate of drug-likeness (QED) is 0.932. The second-order valence-corrected chi connectivity index (χ2v) is 6.58. The SMILES string of the molecule is O=C1N(Cc2cn3ccsc3n2)CCN1C1CCNCC1. The van der Waals surface area contributed by atoms with Gasteiger partial charge in [0, 0.05) is 36.9 Å². The van der Waals surface area contributed by atoms with Crippen LogP contribution in [-0.4, -0.2) is 57.4 Å². The third kappa shape index (κ3) is 2.40. The minimum atomic E-state index is 0.179. The average molecular weight is 305 g/mol. The first-order valence-electron chi connectivity index (χ1n) is 7.48. The molecule has 2 aromatic rings. The van der Waals surface area contributed by atoms with E-state index in [1.165, 1.54) is 0 Å². The summed E-state index contributed by atoms with van der Waals surface area (Å²) in [6.07, 6.45) is 6.16. The van der Waals surface area contributed by atoms with Gasteiger partial charge in [-0.1, -0.05) is 0 Å². The van der Waals surface area contributed by atoms with E-state index >= 15 is 0 Å². The number of carbonyl (C=O) groups excluding carboxylic acids is 1. The minimum absolute atomic E-state index is 0.179. The zero-order valence-corrected chi connectivity index (χ0v) is 12.7. The lowest BCUT2D eigenvalue weighted by atomic mass is 10.1. The van der Waals surface area contributed by atoms with Gasteiger partial charge in [0.2, 0.25) is 0 Å². The highest BCUT2D eigenvalue weighted by Crippen LogP contribution is 2.21. The molecule has 0 aliphatic carbocycles. The number of nitrogens with zero attached hydrogens (tertiary/aromatic N) is 4. The zero-order chi connectivity index (χ0) is 14.2. The maximum absolute atomic E-state index is 12.6. The third-order valence-corrected chi connectivity index (χ3v) is 5.14. The van der Waals surface area contributed by atoms with Crippen molar-refractivity contribution in [1.82, 2.24) is 24.5 Å². The summed E-state index contributed by atoms with van der Waals surface area (Å²) in [4.78, 5) is 22.1. The van der Waals surface area contributed by atoms with Crippen LogP contribution in [0, 0.1) is 0 Å². The van der Waals surface area contributed by atoms with Gasteiger partial charge in [0.25, 0.3) is 0 Å². The fourth-order valence-corrected chi connectivity index (χ4v) is 3.97. The van der Waals surface area contributed by atoms with Crippen LogP contribution in [0.2, 0.25) is 0 Å². The van der Waals surface area contributed by atoms with Gasteiger partial charge in [-0.3, -0.25) is 4.40 Å². The van der Waals surface area contributed by atoms with Gasteiger partial charge in [-0.05, 0) is 25.9 Å². The van der Waals surface area contributed by atoms with Crippen molar-refractivity contribution in [2.75, 3.05) is 26.2 Å². The molecule has 0 atom stereocenters. The maximum Gasteiger partial charge on any atom is 0.320 e. The first-order chi connectivity index (χ1) is 10.3. The van der Waals surface area contributed by atoms with E-state index in [1.807, 2.05) is 27.1 Å². The summed E-state index contributed by atoms with van der Waals surface area (Å²) in [7, 11) is 0. The smallest absolute Gasteiger partial charge is 0.320 e. The summed E-state index contributed by atoms with van der Waals surface area (Å²) >= 11 is 1.62. The van der Waals surface area contributed by atoms with Crippen molar-refractivity contribution in [2.45, 2.75) is 25.4 Å². The van der Waals surface area contributed by atoms with Crippen LogP contribution in [0.3, 0.4) is 0 Å². The lowest BCUT2D eigenvalue weighted by Crippen LogP contribution is -2.45. The van der Waals surface area contributed by atoms with E-state index in [4.69, 9.17) is 0 Å². The maximum atomic E-state index is 12.6. The molecule has 0 aromatic carbocycles. The van der Waals surface area contributed by atoms with E-state index in [9.17, 15) is 4.79 Å². The number of piperidine rings is 1. The van der Waals surface area contributed by atoms with Crippen molar-refractivity contribution < 1.29 is 4.79 Å². The van der Waals surface area contributed by atoms with Crippen molar-refractivity contribution >= 4 is 22.3 Å². The van der Waals surface area contributed by atoms with Crippen molar-refractivity contribution in [2.24, 2.45) is 0 Å². The molecule has 0 spiro atoms. The Morgan fingerprint density at radius 2 is 2.19 bits per heavy atom. The van der Waals surface area contributed by atoms with E-state index in [1.54, 1.807) is 11.3 Å². The normalized spacial score (nSPS) is 20.9. The minimum Gasteiger partial charge on any atom is -0.320 e. The summed E-state index contributed by atoms with van der Waals surface area (Å²) < 4.78 is 2.02. The summed E-state index contributed by atoms with van der Waals surface area (Å²) in [6, 6.07) is 0.590. The molecule has 6 nitrogen and oxygen atoms in total. The largest absolute Gasteiger partial charge is 0.320 e. The number of thiazole rings is 1. The Morgan fingerprint density at radius 3 is 3.00 bits per heavy atom. The van der Waals surface area contributed by atoms with Crippen molar-refractivity contribution in [3.63, 3.8) is 0 Å². The van der Waals surface area contributed by atoms with E-state index in [2.05, 4.69) is 15.2 Å². The third-order valence-electron chi connectivity index (χ3n) is 4.37. The molecule has 4 rings (SSSR count). The number of hydrogen-bond acceptors (Lipinski definition) is 4. The van der Waals surface area contributed by atoms with Gasteiger partial charge >= 0.3 is 6.03 Å². The fourth-order valence-electron chi connectivity index (χ4n) is 3.25. The lowest BCUT2D eigenvalue weighted by molar-refractivity contribution is 0.164. The second kappa shape index (κ2) is 5.31. The van der Waals surface area contributed by atoms with Gasteiger partial charge in [-0.25, -0.2) is 9.78 Å². The average Bonchev–Trinajstić information content (AvgIpc) is 3.16. The molecule has 2 saturated heterocycles. The van der Waals surface area contributed by atoms with Gasteiger partial charge in [-0.2, -0.15) is 0 Å². The molecule has 4 heterocycles. The first kappa shape index (κ1) is 13.1. The molecule has 2 aliphatic heterocycles. The van der Waals surface area contributed by atoms with Crippen LogP contribution in [0.5, 0.6) is 0 Å². The number of amides is 2. The molecule has 112 valence electrons. The second-order valence-electron chi connectivity index (χ2n) is 5.70. The van der Waals surface area contributed by atoms with Gasteiger partial charge < -0.3 is 15.1 Å². The Morgan fingerprint density at radius 1 is 1.33 bits per heavy atom. The number of hydrogen-bond donors (Lipinski definition) is 1. The molecule has 7 heteroatoms. The molecule has 1 N–H and O–H groups in total. The van der Waals surface area contributed by atoms with Crippen LogP contribution in [0.1, 0.15) is 18.5 Å². The summed E-state index contributed by atoms with van der Waals surface area (Å²) in [5.74, 6) is 0. The summed E-state index contributed by atoms with van der Waals surface area (Å²) in [5, 5.41) is 5.37. The number of urea groups is 1. The Balaban J connectivity index is 1.44. The molecule has 0 radical (unpaired) electrons. The van der Waals surface area contributed by atoms with Crippen LogP contribution in [0.25, 0.3) is 4.96 Å². The van der Waals surface area contributed by atoms with Gasteiger partial charge in [0.1, 0.15) is 0 Å². The fraction of sp³-hybridized carbons (Fsp3) is 0.571. The molecule has 0 saturated carbocycles. The Kier molecular flexibility index (Phi) is 3.31. The highest BCUT2D eigenvalue weighted by molar-refractivity contribution is 7.15. The molecule has 2 fully saturated rings. The van der Waals surface area contributed by atoms with E-state index < -0.39 is 0 Å². The van der Waals surface area contributed by atoms with Crippen LogP contribution in [-0.2, 0) is 6.54 Å².